The fraction of sp³-hybridized carbons (Fsp3) is 0.450. The minimum atomic E-state index is -0.203. The zero-order chi connectivity index (χ0) is 17.6. The largest absolute Gasteiger partial charge is 0.396 e. The van der Waals surface area contributed by atoms with E-state index in [2.05, 4.69) is 20.9 Å². The second-order valence-electron chi connectivity index (χ2n) is 6.77. The van der Waals surface area contributed by atoms with Crippen molar-refractivity contribution < 1.29 is 9.50 Å². The van der Waals surface area contributed by atoms with Gasteiger partial charge in [0.2, 0.25) is 0 Å². The van der Waals surface area contributed by atoms with Gasteiger partial charge in [-0.1, -0.05) is 18.2 Å². The van der Waals surface area contributed by atoms with Gasteiger partial charge in [0.05, 0.1) is 5.69 Å². The summed E-state index contributed by atoms with van der Waals surface area (Å²) >= 11 is 0. The summed E-state index contributed by atoms with van der Waals surface area (Å²) in [6.07, 6.45) is 0.749. The van der Waals surface area contributed by atoms with Crippen molar-refractivity contribution >= 4 is 0 Å². The highest BCUT2D eigenvalue weighted by Gasteiger charge is 2.26. The molecule has 25 heavy (non-hydrogen) atoms. The number of piperazine rings is 1. The molecule has 1 aromatic heterocycles. The number of aromatic nitrogens is 1. The van der Waals surface area contributed by atoms with Crippen LogP contribution in [-0.2, 0) is 13.1 Å². The molecule has 0 saturated carbocycles. The summed E-state index contributed by atoms with van der Waals surface area (Å²) in [5.74, 6) is -0.203. The van der Waals surface area contributed by atoms with Crippen LogP contribution in [0.4, 0.5) is 4.39 Å². The summed E-state index contributed by atoms with van der Waals surface area (Å²) in [4.78, 5) is 9.39. The van der Waals surface area contributed by atoms with E-state index in [1.165, 1.54) is 12.1 Å². The molecule has 1 saturated heterocycles. The Balaban J connectivity index is 1.62. The molecule has 3 rings (SSSR count). The minimum Gasteiger partial charge on any atom is -0.396 e. The first-order valence-electron chi connectivity index (χ1n) is 8.88. The van der Waals surface area contributed by atoms with E-state index in [0.29, 0.717) is 6.04 Å². The van der Waals surface area contributed by atoms with Gasteiger partial charge in [-0.2, -0.15) is 0 Å². The Morgan fingerprint density at radius 3 is 2.64 bits per heavy atom. The Kier molecular flexibility index (Phi) is 6.13. The van der Waals surface area contributed by atoms with Gasteiger partial charge in [-0.3, -0.25) is 14.8 Å². The molecule has 0 amide bonds. The molecule has 2 aromatic rings. The third-order valence-corrected chi connectivity index (χ3v) is 4.78. The number of aryl methyl sites for hydroxylation is 1. The lowest BCUT2D eigenvalue weighted by Gasteiger charge is -2.41. The van der Waals surface area contributed by atoms with Crippen LogP contribution in [0.25, 0.3) is 0 Å². The summed E-state index contributed by atoms with van der Waals surface area (Å²) in [6.45, 7) is 6.65. The molecular weight excluding hydrogens is 317 g/mol. The van der Waals surface area contributed by atoms with E-state index in [1.54, 1.807) is 0 Å². The maximum absolute atomic E-state index is 13.1. The van der Waals surface area contributed by atoms with E-state index >= 15 is 0 Å². The van der Waals surface area contributed by atoms with Crippen LogP contribution >= 0.6 is 0 Å². The highest BCUT2D eigenvalue weighted by atomic mass is 19.1. The third-order valence-electron chi connectivity index (χ3n) is 4.78. The third kappa shape index (κ3) is 5.08. The Morgan fingerprint density at radius 1 is 1.12 bits per heavy atom. The van der Waals surface area contributed by atoms with Crippen LogP contribution in [0.3, 0.4) is 0 Å². The lowest BCUT2D eigenvalue weighted by Crippen LogP contribution is -2.52. The van der Waals surface area contributed by atoms with Gasteiger partial charge in [0, 0.05) is 51.1 Å². The monoisotopic (exact) mass is 343 g/mol. The van der Waals surface area contributed by atoms with Gasteiger partial charge < -0.3 is 5.11 Å². The highest BCUT2D eigenvalue weighted by molar-refractivity contribution is 5.16. The maximum Gasteiger partial charge on any atom is 0.123 e. The molecule has 2 heterocycles. The zero-order valence-electron chi connectivity index (χ0n) is 14.7. The number of rotatable bonds is 6. The Hall–Kier alpha value is -1.82. The SMILES string of the molecule is Cc1cccc(CN2CCN(Cc3ccc(F)cc3)[C@H](CCO)C2)n1. The fourth-order valence-electron chi connectivity index (χ4n) is 3.47. The highest BCUT2D eigenvalue weighted by Crippen LogP contribution is 2.18. The second kappa shape index (κ2) is 8.52. The number of aliphatic hydroxyl groups excluding tert-OH is 1. The van der Waals surface area contributed by atoms with Crippen molar-refractivity contribution in [2.45, 2.75) is 32.5 Å². The maximum atomic E-state index is 13.1. The first-order valence-corrected chi connectivity index (χ1v) is 8.88. The van der Waals surface area contributed by atoms with Crippen molar-refractivity contribution in [2.24, 2.45) is 0 Å². The fourth-order valence-corrected chi connectivity index (χ4v) is 3.47. The van der Waals surface area contributed by atoms with Crippen LogP contribution < -0.4 is 0 Å². The van der Waals surface area contributed by atoms with Crippen LogP contribution in [0.2, 0.25) is 0 Å². The van der Waals surface area contributed by atoms with Crippen LogP contribution in [0.1, 0.15) is 23.4 Å². The molecule has 4 nitrogen and oxygen atoms in total. The van der Waals surface area contributed by atoms with Gasteiger partial charge in [0.15, 0.2) is 0 Å². The number of pyridine rings is 1. The first-order chi connectivity index (χ1) is 12.1. The molecule has 134 valence electrons. The molecule has 1 aromatic carbocycles. The topological polar surface area (TPSA) is 39.6 Å². The van der Waals surface area contributed by atoms with Crippen molar-refractivity contribution in [2.75, 3.05) is 26.2 Å². The average molecular weight is 343 g/mol. The smallest absolute Gasteiger partial charge is 0.123 e. The molecule has 1 aliphatic rings. The van der Waals surface area contributed by atoms with Crippen LogP contribution in [0.5, 0.6) is 0 Å². The van der Waals surface area contributed by atoms with E-state index in [0.717, 1.165) is 56.1 Å². The van der Waals surface area contributed by atoms with Crippen molar-refractivity contribution in [3.8, 4) is 0 Å². The summed E-state index contributed by atoms with van der Waals surface area (Å²) in [6, 6.07) is 13.1. The lowest BCUT2D eigenvalue weighted by atomic mass is 10.1. The number of benzene rings is 1. The Bertz CT molecular complexity index is 677. The number of hydrogen-bond donors (Lipinski definition) is 1. The number of aliphatic hydroxyl groups is 1. The Morgan fingerprint density at radius 2 is 1.92 bits per heavy atom. The van der Waals surface area contributed by atoms with E-state index in [-0.39, 0.29) is 12.4 Å². The van der Waals surface area contributed by atoms with E-state index in [9.17, 15) is 9.50 Å². The van der Waals surface area contributed by atoms with Gasteiger partial charge in [-0.25, -0.2) is 4.39 Å². The quantitative estimate of drug-likeness (QED) is 0.875. The van der Waals surface area contributed by atoms with Gasteiger partial charge in [0.1, 0.15) is 5.82 Å². The average Bonchev–Trinajstić information content (AvgIpc) is 2.59. The van der Waals surface area contributed by atoms with Crippen LogP contribution in [0, 0.1) is 12.7 Å². The second-order valence-corrected chi connectivity index (χ2v) is 6.77. The standard InChI is InChI=1S/C20H26FN3O/c1-16-3-2-4-19(22-16)14-23-10-11-24(20(15-23)9-12-25)13-17-5-7-18(21)8-6-17/h2-8,20,25H,9-15H2,1H3/t20-/m1/s1. The number of hydrogen-bond acceptors (Lipinski definition) is 4. The molecule has 5 heteroatoms. The van der Waals surface area contributed by atoms with E-state index in [4.69, 9.17) is 0 Å². The molecule has 0 aliphatic carbocycles. The summed E-state index contributed by atoms with van der Waals surface area (Å²) in [5, 5.41) is 9.44. The molecular formula is C20H26FN3O. The summed E-state index contributed by atoms with van der Waals surface area (Å²) < 4.78 is 13.1. The van der Waals surface area contributed by atoms with Crippen LogP contribution in [-0.4, -0.2) is 52.2 Å². The summed E-state index contributed by atoms with van der Waals surface area (Å²) in [5.41, 5.74) is 3.24. The Labute approximate surface area is 148 Å². The van der Waals surface area contributed by atoms with Gasteiger partial charge in [-0.15, -0.1) is 0 Å². The molecule has 1 N–H and O–H groups in total. The van der Waals surface area contributed by atoms with Crippen LogP contribution in [0.15, 0.2) is 42.5 Å². The summed E-state index contributed by atoms with van der Waals surface area (Å²) in [7, 11) is 0. The first kappa shape index (κ1) is 18.0. The van der Waals surface area contributed by atoms with Crippen molar-refractivity contribution in [3.05, 3.63) is 65.2 Å². The predicted molar refractivity (Wildman–Crippen MR) is 96.6 cm³/mol. The molecule has 0 spiro atoms. The minimum absolute atomic E-state index is 0.182. The molecule has 0 radical (unpaired) electrons. The van der Waals surface area contributed by atoms with Gasteiger partial charge in [-0.05, 0) is 43.2 Å². The molecule has 1 atom stereocenters. The normalized spacial score (nSPS) is 19.2. The lowest BCUT2D eigenvalue weighted by molar-refractivity contribution is 0.0494. The molecule has 0 bridgehead atoms. The van der Waals surface area contributed by atoms with Gasteiger partial charge in [0.25, 0.3) is 0 Å². The molecule has 1 fully saturated rings. The van der Waals surface area contributed by atoms with E-state index < -0.39 is 0 Å². The van der Waals surface area contributed by atoms with Crippen molar-refractivity contribution in [3.63, 3.8) is 0 Å². The molecule has 0 unspecified atom stereocenters. The molecule has 1 aliphatic heterocycles. The zero-order valence-corrected chi connectivity index (χ0v) is 14.7. The van der Waals surface area contributed by atoms with E-state index in [1.807, 2.05) is 31.2 Å². The number of halogens is 1. The van der Waals surface area contributed by atoms with Gasteiger partial charge >= 0.3 is 0 Å². The number of nitrogens with zero attached hydrogens (tertiary/aromatic N) is 3. The van der Waals surface area contributed by atoms with Crippen molar-refractivity contribution in [1.82, 2.24) is 14.8 Å². The predicted octanol–water partition coefficient (Wildman–Crippen LogP) is 2.60. The van der Waals surface area contributed by atoms with Crippen molar-refractivity contribution in [1.29, 1.82) is 0 Å².